The van der Waals surface area contributed by atoms with E-state index in [9.17, 15) is 4.79 Å². The molecule has 6 nitrogen and oxygen atoms in total. The summed E-state index contributed by atoms with van der Waals surface area (Å²) in [5, 5.41) is 10.7. The molecular formula is C18H20N4O2. The molecule has 0 fully saturated rings. The van der Waals surface area contributed by atoms with Gasteiger partial charge in [0.15, 0.2) is 5.65 Å². The highest BCUT2D eigenvalue weighted by Crippen LogP contribution is 2.22. The highest BCUT2D eigenvalue weighted by Gasteiger charge is 2.12. The SMILES string of the molecule is Cc1cccc(C)c1OC[C@@H](C)NC(=O)c1ccc2nncn2c1. The number of fused-ring (bicyclic) bond motifs is 1. The van der Waals surface area contributed by atoms with Gasteiger partial charge in [0.2, 0.25) is 0 Å². The average molecular weight is 324 g/mol. The van der Waals surface area contributed by atoms with Crippen molar-refractivity contribution in [3.63, 3.8) is 0 Å². The van der Waals surface area contributed by atoms with E-state index in [1.54, 1.807) is 29.1 Å². The molecule has 0 aliphatic rings. The van der Waals surface area contributed by atoms with Crippen molar-refractivity contribution in [1.29, 1.82) is 0 Å². The molecule has 0 aliphatic carbocycles. The predicted octanol–water partition coefficient (Wildman–Crippen LogP) is 2.54. The minimum Gasteiger partial charge on any atom is -0.491 e. The fourth-order valence-electron chi connectivity index (χ4n) is 2.55. The standard InChI is InChI=1S/C18H20N4O2/c1-12-5-4-6-13(2)17(12)24-10-14(3)20-18(23)15-7-8-16-21-19-11-22(16)9-15/h4-9,11,14H,10H2,1-3H3,(H,20,23)/t14-/m1/s1. The van der Waals surface area contributed by atoms with Gasteiger partial charge in [-0.25, -0.2) is 0 Å². The van der Waals surface area contributed by atoms with Crippen LogP contribution in [0.2, 0.25) is 0 Å². The molecule has 1 amide bonds. The summed E-state index contributed by atoms with van der Waals surface area (Å²) in [7, 11) is 0. The molecule has 0 saturated carbocycles. The van der Waals surface area contributed by atoms with Crippen molar-refractivity contribution in [3.8, 4) is 5.75 Å². The Hall–Kier alpha value is -2.89. The molecule has 0 saturated heterocycles. The summed E-state index contributed by atoms with van der Waals surface area (Å²) in [6, 6.07) is 9.41. The van der Waals surface area contributed by atoms with Crippen molar-refractivity contribution in [1.82, 2.24) is 19.9 Å². The van der Waals surface area contributed by atoms with Gasteiger partial charge >= 0.3 is 0 Å². The molecule has 3 rings (SSSR count). The number of amides is 1. The summed E-state index contributed by atoms with van der Waals surface area (Å²) in [5.41, 5.74) is 3.44. The van der Waals surface area contributed by atoms with Gasteiger partial charge in [-0.1, -0.05) is 18.2 Å². The average Bonchev–Trinajstić information content (AvgIpc) is 3.01. The lowest BCUT2D eigenvalue weighted by atomic mass is 10.1. The Labute approximate surface area is 140 Å². The lowest BCUT2D eigenvalue weighted by Gasteiger charge is -2.17. The molecule has 1 atom stereocenters. The van der Waals surface area contributed by atoms with Gasteiger partial charge in [-0.2, -0.15) is 0 Å². The quantitative estimate of drug-likeness (QED) is 0.783. The zero-order chi connectivity index (χ0) is 17.1. The molecule has 0 bridgehead atoms. The smallest absolute Gasteiger partial charge is 0.253 e. The highest BCUT2D eigenvalue weighted by molar-refractivity contribution is 5.94. The number of carbonyl (C=O) groups excluding carboxylic acids is 1. The van der Waals surface area contributed by atoms with Crippen LogP contribution in [-0.2, 0) is 0 Å². The third-order valence-corrected chi connectivity index (χ3v) is 3.82. The van der Waals surface area contributed by atoms with Gasteiger partial charge in [0.1, 0.15) is 18.7 Å². The molecule has 24 heavy (non-hydrogen) atoms. The third-order valence-electron chi connectivity index (χ3n) is 3.82. The largest absolute Gasteiger partial charge is 0.491 e. The van der Waals surface area contributed by atoms with Crippen LogP contribution in [0.15, 0.2) is 42.9 Å². The minimum atomic E-state index is -0.150. The number of para-hydroxylation sites is 1. The van der Waals surface area contributed by atoms with E-state index in [4.69, 9.17) is 4.74 Å². The lowest BCUT2D eigenvalue weighted by Crippen LogP contribution is -2.37. The summed E-state index contributed by atoms with van der Waals surface area (Å²) in [4.78, 5) is 12.3. The number of hydrogen-bond donors (Lipinski definition) is 1. The Kier molecular flexibility index (Phi) is 4.46. The van der Waals surface area contributed by atoms with Crippen LogP contribution in [0.4, 0.5) is 0 Å². The van der Waals surface area contributed by atoms with Crippen LogP contribution in [-0.4, -0.2) is 33.2 Å². The Morgan fingerprint density at radius 1 is 1.25 bits per heavy atom. The molecule has 3 aromatic rings. The maximum Gasteiger partial charge on any atom is 0.253 e. The van der Waals surface area contributed by atoms with E-state index in [1.165, 1.54) is 0 Å². The summed E-state index contributed by atoms with van der Waals surface area (Å²) >= 11 is 0. The van der Waals surface area contributed by atoms with E-state index in [-0.39, 0.29) is 11.9 Å². The first-order chi connectivity index (χ1) is 11.5. The van der Waals surface area contributed by atoms with Crippen LogP contribution in [0, 0.1) is 13.8 Å². The molecule has 0 unspecified atom stereocenters. The van der Waals surface area contributed by atoms with Crippen molar-refractivity contribution in [2.75, 3.05) is 6.61 Å². The van der Waals surface area contributed by atoms with E-state index in [2.05, 4.69) is 15.5 Å². The predicted molar refractivity (Wildman–Crippen MR) is 91.3 cm³/mol. The summed E-state index contributed by atoms with van der Waals surface area (Å²) in [6.07, 6.45) is 3.28. The van der Waals surface area contributed by atoms with E-state index in [1.807, 2.05) is 39.0 Å². The van der Waals surface area contributed by atoms with Crippen LogP contribution in [0.1, 0.15) is 28.4 Å². The number of carbonyl (C=O) groups is 1. The van der Waals surface area contributed by atoms with Crippen LogP contribution >= 0.6 is 0 Å². The maximum absolute atomic E-state index is 12.3. The molecule has 2 aromatic heterocycles. The van der Waals surface area contributed by atoms with Gasteiger partial charge in [0.25, 0.3) is 5.91 Å². The number of aromatic nitrogens is 3. The number of ether oxygens (including phenoxy) is 1. The number of nitrogens with zero attached hydrogens (tertiary/aromatic N) is 3. The van der Waals surface area contributed by atoms with Crippen LogP contribution in [0.3, 0.4) is 0 Å². The lowest BCUT2D eigenvalue weighted by molar-refractivity contribution is 0.0926. The molecule has 1 aromatic carbocycles. The van der Waals surface area contributed by atoms with Crippen molar-refractivity contribution in [2.24, 2.45) is 0 Å². The van der Waals surface area contributed by atoms with Crippen LogP contribution in [0.5, 0.6) is 5.75 Å². The Bertz CT molecular complexity index is 852. The first-order valence-electron chi connectivity index (χ1n) is 7.84. The maximum atomic E-state index is 12.3. The molecule has 2 heterocycles. The van der Waals surface area contributed by atoms with Crippen LogP contribution in [0.25, 0.3) is 5.65 Å². The topological polar surface area (TPSA) is 68.5 Å². The van der Waals surface area contributed by atoms with Crippen molar-refractivity contribution < 1.29 is 9.53 Å². The zero-order valence-electron chi connectivity index (χ0n) is 14.0. The van der Waals surface area contributed by atoms with E-state index in [0.717, 1.165) is 16.9 Å². The fraction of sp³-hybridized carbons (Fsp3) is 0.278. The highest BCUT2D eigenvalue weighted by atomic mass is 16.5. The van der Waals surface area contributed by atoms with E-state index >= 15 is 0 Å². The second kappa shape index (κ2) is 6.70. The second-order valence-electron chi connectivity index (χ2n) is 5.92. The molecular weight excluding hydrogens is 304 g/mol. The number of hydrogen-bond acceptors (Lipinski definition) is 4. The minimum absolute atomic E-state index is 0.117. The van der Waals surface area contributed by atoms with Crippen molar-refractivity contribution in [2.45, 2.75) is 26.8 Å². The Morgan fingerprint density at radius 3 is 2.75 bits per heavy atom. The molecule has 124 valence electrons. The van der Waals surface area contributed by atoms with E-state index < -0.39 is 0 Å². The molecule has 0 spiro atoms. The van der Waals surface area contributed by atoms with E-state index in [0.29, 0.717) is 17.8 Å². The Morgan fingerprint density at radius 2 is 2.00 bits per heavy atom. The molecule has 0 radical (unpaired) electrons. The van der Waals surface area contributed by atoms with Gasteiger partial charge in [0.05, 0.1) is 11.6 Å². The number of benzene rings is 1. The van der Waals surface area contributed by atoms with Gasteiger partial charge in [-0.15, -0.1) is 10.2 Å². The first kappa shape index (κ1) is 16.0. The van der Waals surface area contributed by atoms with Gasteiger partial charge in [-0.3, -0.25) is 9.20 Å². The number of rotatable bonds is 5. The second-order valence-corrected chi connectivity index (χ2v) is 5.92. The number of pyridine rings is 1. The van der Waals surface area contributed by atoms with Gasteiger partial charge < -0.3 is 10.1 Å². The van der Waals surface area contributed by atoms with Crippen molar-refractivity contribution >= 4 is 11.6 Å². The Balaban J connectivity index is 1.61. The third kappa shape index (κ3) is 3.37. The summed E-state index contributed by atoms with van der Waals surface area (Å²) < 4.78 is 7.60. The molecule has 0 aliphatic heterocycles. The summed E-state index contributed by atoms with van der Waals surface area (Å²) in [5.74, 6) is 0.729. The molecule has 1 N–H and O–H groups in total. The molecule has 6 heteroatoms. The normalized spacial score (nSPS) is 12.1. The number of aryl methyl sites for hydroxylation is 2. The monoisotopic (exact) mass is 324 g/mol. The first-order valence-corrected chi connectivity index (χ1v) is 7.84. The van der Waals surface area contributed by atoms with Crippen molar-refractivity contribution in [3.05, 3.63) is 59.5 Å². The summed E-state index contributed by atoms with van der Waals surface area (Å²) in [6.45, 7) is 6.36. The zero-order valence-corrected chi connectivity index (χ0v) is 14.0. The van der Waals surface area contributed by atoms with Gasteiger partial charge in [-0.05, 0) is 44.0 Å². The van der Waals surface area contributed by atoms with Crippen LogP contribution < -0.4 is 10.1 Å². The fourth-order valence-corrected chi connectivity index (χ4v) is 2.55. The van der Waals surface area contributed by atoms with Gasteiger partial charge in [0, 0.05) is 6.20 Å². The number of nitrogens with one attached hydrogen (secondary N) is 1.